The van der Waals surface area contributed by atoms with E-state index in [0.717, 1.165) is 28.1 Å². The molecule has 0 spiro atoms. The first-order chi connectivity index (χ1) is 10.9. The fourth-order valence-electron chi connectivity index (χ4n) is 3.36. The van der Waals surface area contributed by atoms with Crippen molar-refractivity contribution in [3.8, 4) is 0 Å². The zero-order chi connectivity index (χ0) is 16.2. The maximum atomic E-state index is 11.8. The monoisotopic (exact) mass is 370 g/mol. The van der Waals surface area contributed by atoms with E-state index in [1.54, 1.807) is 11.3 Å². The fraction of sp³-hybridized carbons (Fsp3) is 0.600. The van der Waals surface area contributed by atoms with Gasteiger partial charge < -0.3 is 5.11 Å². The SMILES string of the molecule is Cc1nc(S[C@H]2CS(=O)(=O)C[C@@H]2O)c2c3c(sc2n1)CCCC3. The molecule has 1 aliphatic heterocycles. The van der Waals surface area contributed by atoms with Crippen molar-refractivity contribution in [2.24, 2.45) is 0 Å². The number of hydrogen-bond acceptors (Lipinski definition) is 7. The minimum absolute atomic E-state index is 0.0235. The second kappa shape index (κ2) is 5.68. The van der Waals surface area contributed by atoms with Crippen LogP contribution in [0.1, 0.15) is 29.1 Å². The van der Waals surface area contributed by atoms with E-state index in [9.17, 15) is 13.5 Å². The number of aliphatic hydroxyl groups is 1. The zero-order valence-electron chi connectivity index (χ0n) is 12.8. The molecule has 2 aliphatic rings. The topological polar surface area (TPSA) is 80.2 Å². The van der Waals surface area contributed by atoms with Gasteiger partial charge in [0.15, 0.2) is 9.84 Å². The molecule has 4 rings (SSSR count). The summed E-state index contributed by atoms with van der Waals surface area (Å²) in [5.74, 6) is 0.587. The number of sulfone groups is 1. The molecule has 0 unspecified atom stereocenters. The predicted octanol–water partition coefficient (Wildman–Crippen LogP) is 2.13. The van der Waals surface area contributed by atoms with Crippen LogP contribution < -0.4 is 0 Å². The number of hydrogen-bond donors (Lipinski definition) is 1. The highest BCUT2D eigenvalue weighted by Gasteiger charge is 2.38. The molecule has 5 nitrogen and oxygen atoms in total. The van der Waals surface area contributed by atoms with Gasteiger partial charge in [-0.05, 0) is 38.2 Å². The number of aromatic nitrogens is 2. The van der Waals surface area contributed by atoms with Crippen LogP contribution in [0.15, 0.2) is 5.03 Å². The maximum absolute atomic E-state index is 11.8. The minimum atomic E-state index is -3.14. The van der Waals surface area contributed by atoms with E-state index in [0.29, 0.717) is 5.82 Å². The average Bonchev–Trinajstić information content (AvgIpc) is 2.95. The molecule has 0 aromatic carbocycles. The highest BCUT2D eigenvalue weighted by atomic mass is 32.2. The van der Waals surface area contributed by atoms with Crippen molar-refractivity contribution in [1.29, 1.82) is 0 Å². The van der Waals surface area contributed by atoms with Crippen LogP contribution in [-0.2, 0) is 22.7 Å². The largest absolute Gasteiger partial charge is 0.391 e. The van der Waals surface area contributed by atoms with Gasteiger partial charge >= 0.3 is 0 Å². The van der Waals surface area contributed by atoms with E-state index in [-0.39, 0.29) is 16.8 Å². The van der Waals surface area contributed by atoms with Gasteiger partial charge in [-0.1, -0.05) is 11.8 Å². The summed E-state index contributed by atoms with van der Waals surface area (Å²) in [5, 5.41) is 11.7. The summed E-state index contributed by atoms with van der Waals surface area (Å²) in [4.78, 5) is 11.6. The van der Waals surface area contributed by atoms with Gasteiger partial charge in [-0.3, -0.25) is 0 Å². The van der Waals surface area contributed by atoms with E-state index in [1.165, 1.54) is 35.0 Å². The van der Waals surface area contributed by atoms with Crippen molar-refractivity contribution in [3.63, 3.8) is 0 Å². The van der Waals surface area contributed by atoms with Crippen LogP contribution in [0, 0.1) is 6.92 Å². The van der Waals surface area contributed by atoms with Crippen molar-refractivity contribution in [1.82, 2.24) is 9.97 Å². The number of thioether (sulfide) groups is 1. The van der Waals surface area contributed by atoms with E-state index in [1.807, 2.05) is 6.92 Å². The van der Waals surface area contributed by atoms with Crippen LogP contribution in [0.25, 0.3) is 10.2 Å². The average molecular weight is 371 g/mol. The molecule has 1 saturated heterocycles. The fourth-order valence-corrected chi connectivity index (χ4v) is 8.43. The van der Waals surface area contributed by atoms with Gasteiger partial charge in [0.2, 0.25) is 0 Å². The van der Waals surface area contributed by atoms with Gasteiger partial charge in [0.1, 0.15) is 15.7 Å². The smallest absolute Gasteiger partial charge is 0.154 e. The van der Waals surface area contributed by atoms with Crippen LogP contribution in [-0.4, -0.2) is 46.4 Å². The standard InChI is InChI=1S/C15H18N2O3S3/c1-8-16-14-13(9-4-2-3-5-11(9)21-14)15(17-8)22-12-7-23(19,20)6-10(12)18/h10,12,18H,2-7H2,1H3/t10-,12-/m0/s1. The second-order valence-electron chi connectivity index (χ2n) is 6.27. The predicted molar refractivity (Wildman–Crippen MR) is 93.1 cm³/mol. The van der Waals surface area contributed by atoms with Gasteiger partial charge in [0, 0.05) is 10.3 Å². The summed E-state index contributed by atoms with van der Waals surface area (Å²) in [6, 6.07) is 0. The summed E-state index contributed by atoms with van der Waals surface area (Å²) >= 11 is 3.15. The molecule has 2 aromatic heterocycles. The Morgan fingerprint density at radius 2 is 2.00 bits per heavy atom. The number of thiophene rings is 1. The number of fused-ring (bicyclic) bond motifs is 3. The third-order valence-corrected chi connectivity index (χ3v) is 8.84. The Labute approximate surface area is 143 Å². The molecule has 2 atom stereocenters. The van der Waals surface area contributed by atoms with Crippen LogP contribution in [0.4, 0.5) is 0 Å². The molecule has 0 saturated carbocycles. The number of aliphatic hydroxyl groups excluding tert-OH is 1. The lowest BCUT2D eigenvalue weighted by Gasteiger charge is -2.15. The maximum Gasteiger partial charge on any atom is 0.154 e. The molecule has 0 radical (unpaired) electrons. The molecule has 124 valence electrons. The Morgan fingerprint density at radius 3 is 2.74 bits per heavy atom. The van der Waals surface area contributed by atoms with Crippen LogP contribution in [0.3, 0.4) is 0 Å². The number of nitrogens with zero attached hydrogens (tertiary/aromatic N) is 2. The third kappa shape index (κ3) is 2.90. The Kier molecular flexibility index (Phi) is 3.91. The highest BCUT2D eigenvalue weighted by Crippen LogP contribution is 2.41. The van der Waals surface area contributed by atoms with E-state index >= 15 is 0 Å². The van der Waals surface area contributed by atoms with Crippen molar-refractivity contribution < 1.29 is 13.5 Å². The molecule has 1 aliphatic carbocycles. The first-order valence-corrected chi connectivity index (χ1v) is 11.3. The summed E-state index contributed by atoms with van der Waals surface area (Å²) < 4.78 is 23.5. The molecule has 0 bridgehead atoms. The lowest BCUT2D eigenvalue weighted by molar-refractivity contribution is 0.207. The molecular formula is C15H18N2O3S3. The van der Waals surface area contributed by atoms with Crippen molar-refractivity contribution >= 4 is 43.2 Å². The van der Waals surface area contributed by atoms with E-state index in [4.69, 9.17) is 0 Å². The van der Waals surface area contributed by atoms with E-state index in [2.05, 4.69) is 9.97 Å². The molecule has 0 amide bonds. The Hall–Kier alpha value is -0.700. The third-order valence-electron chi connectivity index (χ3n) is 4.43. The van der Waals surface area contributed by atoms with Crippen molar-refractivity contribution in [2.45, 2.75) is 49.0 Å². The quantitative estimate of drug-likeness (QED) is 0.816. The molecule has 23 heavy (non-hydrogen) atoms. The molecule has 2 aromatic rings. The zero-order valence-corrected chi connectivity index (χ0v) is 15.2. The Bertz CT molecular complexity index is 876. The van der Waals surface area contributed by atoms with Crippen molar-refractivity contribution in [2.75, 3.05) is 11.5 Å². The highest BCUT2D eigenvalue weighted by molar-refractivity contribution is 8.02. The summed E-state index contributed by atoms with van der Waals surface area (Å²) in [6.45, 7) is 1.87. The Morgan fingerprint density at radius 1 is 1.22 bits per heavy atom. The Balaban J connectivity index is 1.79. The lowest BCUT2D eigenvalue weighted by atomic mass is 9.97. The first kappa shape index (κ1) is 15.8. The van der Waals surface area contributed by atoms with Crippen molar-refractivity contribution in [3.05, 3.63) is 16.3 Å². The second-order valence-corrected chi connectivity index (χ2v) is 10.7. The van der Waals surface area contributed by atoms with Gasteiger partial charge in [-0.15, -0.1) is 11.3 Å². The molecule has 8 heteroatoms. The van der Waals surface area contributed by atoms with Crippen LogP contribution in [0.5, 0.6) is 0 Å². The number of rotatable bonds is 2. The summed E-state index contributed by atoms with van der Waals surface area (Å²) in [6.07, 6.45) is 3.72. The van der Waals surface area contributed by atoms with Gasteiger partial charge in [-0.25, -0.2) is 18.4 Å². The van der Waals surface area contributed by atoms with Gasteiger partial charge in [0.05, 0.1) is 22.9 Å². The molecule has 1 N–H and O–H groups in total. The lowest BCUT2D eigenvalue weighted by Crippen LogP contribution is -2.20. The molecular weight excluding hydrogens is 352 g/mol. The molecule has 3 heterocycles. The van der Waals surface area contributed by atoms with Gasteiger partial charge in [-0.2, -0.15) is 0 Å². The van der Waals surface area contributed by atoms with Gasteiger partial charge in [0.25, 0.3) is 0 Å². The van der Waals surface area contributed by atoms with Crippen LogP contribution in [0.2, 0.25) is 0 Å². The summed E-state index contributed by atoms with van der Waals surface area (Å²) in [7, 11) is -3.14. The number of aryl methyl sites for hydroxylation is 3. The first-order valence-electron chi connectivity index (χ1n) is 7.77. The normalized spacial score (nSPS) is 26.5. The van der Waals surface area contributed by atoms with Crippen LogP contribution >= 0.6 is 23.1 Å². The molecule has 1 fully saturated rings. The summed E-state index contributed by atoms with van der Waals surface area (Å²) in [5.41, 5.74) is 1.34. The van der Waals surface area contributed by atoms with E-state index < -0.39 is 15.9 Å². The minimum Gasteiger partial charge on any atom is -0.391 e.